The summed E-state index contributed by atoms with van der Waals surface area (Å²) >= 11 is 3.29. The number of aromatic carboxylic acids is 1. The number of carboxylic acids is 1. The van der Waals surface area contributed by atoms with E-state index in [2.05, 4.69) is 35.1 Å². The zero-order chi connectivity index (χ0) is 15.6. The van der Waals surface area contributed by atoms with Crippen LogP contribution < -0.4 is 5.32 Å². The van der Waals surface area contributed by atoms with E-state index in [1.54, 1.807) is 17.0 Å². The highest BCUT2D eigenvalue weighted by Gasteiger charge is 2.29. The van der Waals surface area contributed by atoms with Gasteiger partial charge in [0.2, 0.25) is 0 Å². The van der Waals surface area contributed by atoms with E-state index >= 15 is 0 Å². The van der Waals surface area contributed by atoms with Gasteiger partial charge in [0.05, 0.1) is 11.3 Å². The molecular weight excluding hydrogens is 336 g/mol. The molecule has 1 unspecified atom stereocenters. The van der Waals surface area contributed by atoms with Crippen LogP contribution >= 0.6 is 15.9 Å². The van der Waals surface area contributed by atoms with Crippen molar-refractivity contribution in [1.29, 1.82) is 0 Å². The fourth-order valence-corrected chi connectivity index (χ4v) is 3.00. The number of rotatable bonds is 3. The molecule has 0 spiro atoms. The summed E-state index contributed by atoms with van der Waals surface area (Å²) in [5.74, 6) is -0.0113. The minimum Gasteiger partial charge on any atom is -0.478 e. The maximum Gasteiger partial charge on any atom is 0.337 e. The maximum absolute atomic E-state index is 12.3. The molecule has 1 fully saturated rings. The molecule has 1 atom stereocenters. The second-order valence-corrected chi connectivity index (χ2v) is 6.49. The fourth-order valence-electron chi connectivity index (χ4n) is 2.53. The van der Waals surface area contributed by atoms with E-state index in [1.807, 2.05) is 0 Å². The number of likely N-dealkylation sites (tertiary alicyclic amines) is 1. The summed E-state index contributed by atoms with van der Waals surface area (Å²) in [6.07, 6.45) is 0.993. The van der Waals surface area contributed by atoms with E-state index in [1.165, 1.54) is 6.07 Å². The van der Waals surface area contributed by atoms with Gasteiger partial charge < -0.3 is 15.3 Å². The third-order valence-electron chi connectivity index (χ3n) is 3.93. The van der Waals surface area contributed by atoms with Gasteiger partial charge in [0.15, 0.2) is 0 Å². The summed E-state index contributed by atoms with van der Waals surface area (Å²) in [4.78, 5) is 25.3. The number of hydrogen-bond donors (Lipinski definition) is 2. The number of urea groups is 1. The van der Waals surface area contributed by atoms with Gasteiger partial charge in [-0.3, -0.25) is 0 Å². The topological polar surface area (TPSA) is 69.6 Å². The summed E-state index contributed by atoms with van der Waals surface area (Å²) in [6, 6.07) is 4.58. The second kappa shape index (κ2) is 6.47. The second-order valence-electron chi connectivity index (χ2n) is 5.64. The zero-order valence-electron chi connectivity index (χ0n) is 12.1. The Morgan fingerprint density at radius 3 is 2.71 bits per heavy atom. The molecule has 21 heavy (non-hydrogen) atoms. The molecule has 0 radical (unpaired) electrons. The molecule has 1 aromatic carbocycles. The number of benzene rings is 1. The van der Waals surface area contributed by atoms with Crippen LogP contribution in [0, 0.1) is 11.8 Å². The molecule has 2 N–H and O–H groups in total. The van der Waals surface area contributed by atoms with Gasteiger partial charge in [0.1, 0.15) is 0 Å². The van der Waals surface area contributed by atoms with E-state index in [0.717, 1.165) is 13.0 Å². The minimum atomic E-state index is -1.06. The largest absolute Gasteiger partial charge is 0.478 e. The molecule has 1 aromatic rings. The van der Waals surface area contributed by atoms with Gasteiger partial charge in [-0.15, -0.1) is 0 Å². The first kappa shape index (κ1) is 15.8. The van der Waals surface area contributed by atoms with E-state index in [0.29, 0.717) is 28.5 Å². The molecule has 2 rings (SSSR count). The van der Waals surface area contributed by atoms with Gasteiger partial charge in [-0.05, 0) is 46.3 Å². The average Bonchev–Trinajstić information content (AvgIpc) is 2.90. The Labute approximate surface area is 132 Å². The van der Waals surface area contributed by atoms with E-state index in [9.17, 15) is 14.7 Å². The standard InChI is InChI=1S/C15H19BrN2O3/c1-9(2)10-6-7-18(8-10)15(21)17-13-11(14(19)20)4-3-5-12(13)16/h3-5,9-10H,6-8H2,1-2H3,(H,17,21)(H,19,20). The van der Waals surface area contributed by atoms with Crippen molar-refractivity contribution in [2.45, 2.75) is 20.3 Å². The Hall–Kier alpha value is -1.56. The minimum absolute atomic E-state index is 0.0809. The predicted molar refractivity (Wildman–Crippen MR) is 84.6 cm³/mol. The fraction of sp³-hybridized carbons (Fsp3) is 0.467. The van der Waals surface area contributed by atoms with E-state index in [4.69, 9.17) is 0 Å². The number of carboxylic acid groups (broad SMARTS) is 1. The number of carbonyl (C=O) groups is 2. The van der Waals surface area contributed by atoms with Crippen LogP contribution in [-0.2, 0) is 0 Å². The lowest BCUT2D eigenvalue weighted by Gasteiger charge is -2.20. The SMILES string of the molecule is CC(C)C1CCN(C(=O)Nc2c(Br)cccc2C(=O)O)C1. The third-order valence-corrected chi connectivity index (χ3v) is 4.59. The van der Waals surface area contributed by atoms with Gasteiger partial charge >= 0.3 is 12.0 Å². The number of halogens is 1. The van der Waals surface area contributed by atoms with Crippen molar-refractivity contribution in [1.82, 2.24) is 4.90 Å². The molecule has 1 aliphatic rings. The molecule has 1 aliphatic heterocycles. The Balaban J connectivity index is 2.12. The van der Waals surface area contributed by atoms with Crippen molar-refractivity contribution < 1.29 is 14.7 Å². The van der Waals surface area contributed by atoms with Crippen molar-refractivity contribution in [3.05, 3.63) is 28.2 Å². The van der Waals surface area contributed by atoms with Crippen molar-refractivity contribution in [3.8, 4) is 0 Å². The van der Waals surface area contributed by atoms with Crippen molar-refractivity contribution >= 4 is 33.6 Å². The summed E-state index contributed by atoms with van der Waals surface area (Å²) in [7, 11) is 0. The molecule has 0 bridgehead atoms. The van der Waals surface area contributed by atoms with Gasteiger partial charge in [-0.1, -0.05) is 19.9 Å². The average molecular weight is 355 g/mol. The van der Waals surface area contributed by atoms with Gasteiger partial charge in [0, 0.05) is 17.6 Å². The van der Waals surface area contributed by atoms with Crippen LogP contribution in [0.3, 0.4) is 0 Å². The number of nitrogens with one attached hydrogen (secondary N) is 1. The van der Waals surface area contributed by atoms with Gasteiger partial charge in [-0.2, -0.15) is 0 Å². The first-order valence-corrected chi connectivity index (χ1v) is 7.77. The molecule has 114 valence electrons. The Morgan fingerprint density at radius 2 is 2.14 bits per heavy atom. The number of para-hydroxylation sites is 1. The van der Waals surface area contributed by atoms with Crippen LogP contribution in [0.1, 0.15) is 30.6 Å². The lowest BCUT2D eigenvalue weighted by molar-refractivity contribution is 0.0698. The highest BCUT2D eigenvalue weighted by molar-refractivity contribution is 9.10. The van der Waals surface area contributed by atoms with Crippen LogP contribution in [0.5, 0.6) is 0 Å². The Kier molecular flexibility index (Phi) is 4.88. The molecule has 5 nitrogen and oxygen atoms in total. The van der Waals surface area contributed by atoms with Gasteiger partial charge in [0.25, 0.3) is 0 Å². The normalized spacial score (nSPS) is 18.1. The molecule has 1 heterocycles. The zero-order valence-corrected chi connectivity index (χ0v) is 13.7. The summed E-state index contributed by atoms with van der Waals surface area (Å²) in [6.45, 7) is 5.74. The molecule has 6 heteroatoms. The van der Waals surface area contributed by atoms with Crippen molar-refractivity contribution in [3.63, 3.8) is 0 Å². The Bertz CT molecular complexity index is 560. The van der Waals surface area contributed by atoms with Crippen LogP contribution in [0.25, 0.3) is 0 Å². The lowest BCUT2D eigenvalue weighted by atomic mass is 9.95. The third kappa shape index (κ3) is 3.56. The van der Waals surface area contributed by atoms with Crippen LogP contribution in [-0.4, -0.2) is 35.1 Å². The maximum atomic E-state index is 12.3. The Morgan fingerprint density at radius 1 is 1.43 bits per heavy atom. The molecule has 0 saturated carbocycles. The number of nitrogens with zero attached hydrogens (tertiary/aromatic N) is 1. The highest BCUT2D eigenvalue weighted by Crippen LogP contribution is 2.28. The first-order chi connectivity index (χ1) is 9.90. The quantitative estimate of drug-likeness (QED) is 0.869. The van der Waals surface area contributed by atoms with Crippen molar-refractivity contribution in [2.75, 3.05) is 18.4 Å². The summed E-state index contributed by atoms with van der Waals surface area (Å²) < 4.78 is 0.565. The lowest BCUT2D eigenvalue weighted by Crippen LogP contribution is -2.34. The number of anilines is 1. The molecule has 0 aromatic heterocycles. The molecular formula is C15H19BrN2O3. The summed E-state index contributed by atoms with van der Waals surface area (Å²) in [5, 5.41) is 11.9. The highest BCUT2D eigenvalue weighted by atomic mass is 79.9. The number of hydrogen-bond acceptors (Lipinski definition) is 2. The van der Waals surface area contributed by atoms with E-state index in [-0.39, 0.29) is 11.6 Å². The molecule has 1 saturated heterocycles. The van der Waals surface area contributed by atoms with Crippen molar-refractivity contribution in [2.24, 2.45) is 11.8 Å². The number of carbonyl (C=O) groups excluding carboxylic acids is 1. The monoisotopic (exact) mass is 354 g/mol. The molecule has 2 amide bonds. The first-order valence-electron chi connectivity index (χ1n) is 6.98. The van der Waals surface area contributed by atoms with Crippen LogP contribution in [0.2, 0.25) is 0 Å². The van der Waals surface area contributed by atoms with Crippen LogP contribution in [0.15, 0.2) is 22.7 Å². The summed E-state index contributed by atoms with van der Waals surface area (Å²) in [5.41, 5.74) is 0.389. The molecule has 0 aliphatic carbocycles. The van der Waals surface area contributed by atoms with Crippen LogP contribution in [0.4, 0.5) is 10.5 Å². The predicted octanol–water partition coefficient (Wildman–Crippen LogP) is 3.66. The number of amides is 2. The smallest absolute Gasteiger partial charge is 0.337 e. The van der Waals surface area contributed by atoms with E-state index < -0.39 is 5.97 Å². The van der Waals surface area contributed by atoms with Gasteiger partial charge in [-0.25, -0.2) is 9.59 Å².